The second kappa shape index (κ2) is 7.00. The van der Waals surface area contributed by atoms with E-state index in [4.69, 9.17) is 4.74 Å². The highest BCUT2D eigenvalue weighted by atomic mass is 19.3. The second-order valence-corrected chi connectivity index (χ2v) is 3.18. The molecule has 1 aromatic carbocycles. The van der Waals surface area contributed by atoms with Crippen LogP contribution in [0.4, 0.5) is 14.5 Å². The predicted molar refractivity (Wildman–Crippen MR) is 58.1 cm³/mol. The predicted octanol–water partition coefficient (Wildman–Crippen LogP) is 2.74. The van der Waals surface area contributed by atoms with Gasteiger partial charge in [0.15, 0.2) is 0 Å². The number of rotatable bonds is 7. The van der Waals surface area contributed by atoms with Crippen LogP contribution in [0.3, 0.4) is 0 Å². The molecule has 1 aromatic rings. The van der Waals surface area contributed by atoms with Crippen LogP contribution in [-0.2, 0) is 4.74 Å². The van der Waals surface area contributed by atoms with E-state index in [-0.39, 0.29) is 5.75 Å². The average Bonchev–Trinajstić information content (AvgIpc) is 2.26. The molecule has 0 aliphatic carbocycles. The minimum absolute atomic E-state index is 0.164. The van der Waals surface area contributed by atoms with Gasteiger partial charge in [-0.25, -0.2) is 0 Å². The molecule has 0 aliphatic rings. The largest absolute Gasteiger partial charge is 0.435 e. The lowest BCUT2D eigenvalue weighted by Gasteiger charge is -2.07. The average molecular weight is 231 g/mol. The first-order valence-corrected chi connectivity index (χ1v) is 5.00. The smallest absolute Gasteiger partial charge is 0.387 e. The van der Waals surface area contributed by atoms with E-state index in [0.717, 1.165) is 18.7 Å². The Morgan fingerprint density at radius 1 is 1.25 bits per heavy atom. The van der Waals surface area contributed by atoms with E-state index in [2.05, 4.69) is 10.1 Å². The number of benzene rings is 1. The van der Waals surface area contributed by atoms with Gasteiger partial charge >= 0.3 is 6.61 Å². The zero-order valence-electron chi connectivity index (χ0n) is 9.08. The van der Waals surface area contributed by atoms with Crippen molar-refractivity contribution in [2.45, 2.75) is 13.0 Å². The van der Waals surface area contributed by atoms with Crippen LogP contribution in [0.2, 0.25) is 0 Å². The SMILES string of the molecule is COCCCNc1ccc(OC(F)F)cc1. The summed E-state index contributed by atoms with van der Waals surface area (Å²) in [6.07, 6.45) is 0.895. The normalized spacial score (nSPS) is 10.5. The van der Waals surface area contributed by atoms with Gasteiger partial charge < -0.3 is 14.8 Å². The van der Waals surface area contributed by atoms with Crippen molar-refractivity contribution in [3.63, 3.8) is 0 Å². The molecule has 16 heavy (non-hydrogen) atoms. The molecule has 5 heteroatoms. The van der Waals surface area contributed by atoms with Crippen molar-refractivity contribution >= 4 is 5.69 Å². The highest BCUT2D eigenvalue weighted by Crippen LogP contribution is 2.17. The first kappa shape index (κ1) is 12.7. The van der Waals surface area contributed by atoms with Crippen LogP contribution in [-0.4, -0.2) is 26.9 Å². The molecular weight excluding hydrogens is 216 g/mol. The molecule has 1 rings (SSSR count). The van der Waals surface area contributed by atoms with Gasteiger partial charge in [-0.1, -0.05) is 0 Å². The van der Waals surface area contributed by atoms with Crippen molar-refractivity contribution in [3.8, 4) is 5.75 Å². The molecule has 1 N–H and O–H groups in total. The molecule has 0 saturated carbocycles. The van der Waals surface area contributed by atoms with Gasteiger partial charge in [0.2, 0.25) is 0 Å². The molecule has 0 unspecified atom stereocenters. The third-order valence-electron chi connectivity index (χ3n) is 1.93. The zero-order chi connectivity index (χ0) is 11.8. The van der Waals surface area contributed by atoms with Crippen molar-refractivity contribution in [1.82, 2.24) is 0 Å². The van der Waals surface area contributed by atoms with E-state index in [1.54, 1.807) is 19.2 Å². The Labute approximate surface area is 93.4 Å². The number of hydrogen-bond acceptors (Lipinski definition) is 3. The summed E-state index contributed by atoms with van der Waals surface area (Å²) in [4.78, 5) is 0. The number of methoxy groups -OCH3 is 1. The quantitative estimate of drug-likeness (QED) is 0.732. The van der Waals surface area contributed by atoms with E-state index >= 15 is 0 Å². The topological polar surface area (TPSA) is 30.5 Å². The summed E-state index contributed by atoms with van der Waals surface area (Å²) in [6.45, 7) is -1.30. The summed E-state index contributed by atoms with van der Waals surface area (Å²) < 4.78 is 32.8. The molecule has 90 valence electrons. The number of alkyl halides is 2. The lowest BCUT2D eigenvalue weighted by Crippen LogP contribution is -2.05. The first-order valence-electron chi connectivity index (χ1n) is 5.00. The van der Waals surface area contributed by atoms with Crippen LogP contribution in [0.25, 0.3) is 0 Å². The molecular formula is C11H15F2NO2. The maximum atomic E-state index is 11.9. The Morgan fingerprint density at radius 2 is 1.94 bits per heavy atom. The molecule has 0 bridgehead atoms. The van der Waals surface area contributed by atoms with Crippen molar-refractivity contribution in [1.29, 1.82) is 0 Å². The van der Waals surface area contributed by atoms with Gasteiger partial charge in [-0.3, -0.25) is 0 Å². The van der Waals surface area contributed by atoms with Gasteiger partial charge in [0.05, 0.1) is 0 Å². The molecule has 0 amide bonds. The lowest BCUT2D eigenvalue weighted by molar-refractivity contribution is -0.0498. The number of ether oxygens (including phenoxy) is 2. The minimum atomic E-state index is -2.78. The van der Waals surface area contributed by atoms with Crippen LogP contribution < -0.4 is 10.1 Å². The van der Waals surface area contributed by atoms with E-state index < -0.39 is 6.61 Å². The van der Waals surface area contributed by atoms with E-state index in [1.807, 2.05) is 0 Å². The second-order valence-electron chi connectivity index (χ2n) is 3.18. The van der Waals surface area contributed by atoms with Crippen molar-refractivity contribution in [3.05, 3.63) is 24.3 Å². The van der Waals surface area contributed by atoms with Crippen LogP contribution in [0.5, 0.6) is 5.75 Å². The Kier molecular flexibility index (Phi) is 5.56. The van der Waals surface area contributed by atoms with E-state index in [1.165, 1.54) is 12.1 Å². The van der Waals surface area contributed by atoms with Gasteiger partial charge in [-0.2, -0.15) is 8.78 Å². The molecule has 0 radical (unpaired) electrons. The molecule has 0 spiro atoms. The molecule has 0 aromatic heterocycles. The Hall–Kier alpha value is -1.36. The molecule has 0 atom stereocenters. The third kappa shape index (κ3) is 4.93. The fraction of sp³-hybridized carbons (Fsp3) is 0.455. The van der Waals surface area contributed by atoms with Gasteiger partial charge in [0, 0.05) is 25.9 Å². The Balaban J connectivity index is 2.33. The lowest BCUT2D eigenvalue weighted by atomic mass is 10.3. The first-order chi connectivity index (χ1) is 7.72. The maximum absolute atomic E-state index is 11.9. The van der Waals surface area contributed by atoms with Crippen LogP contribution in [0.1, 0.15) is 6.42 Å². The van der Waals surface area contributed by atoms with Crippen molar-refractivity contribution in [2.24, 2.45) is 0 Å². The number of anilines is 1. The number of nitrogens with one attached hydrogen (secondary N) is 1. The summed E-state index contributed by atoms with van der Waals surface area (Å²) >= 11 is 0. The molecule has 0 saturated heterocycles. The number of halogens is 2. The summed E-state index contributed by atoms with van der Waals surface area (Å²) in [5.41, 5.74) is 0.873. The third-order valence-corrected chi connectivity index (χ3v) is 1.93. The Bertz CT molecular complexity index is 291. The van der Waals surface area contributed by atoms with E-state index in [9.17, 15) is 8.78 Å². The molecule has 0 aliphatic heterocycles. The summed E-state index contributed by atoms with van der Waals surface area (Å²) in [5, 5.41) is 3.14. The molecule has 3 nitrogen and oxygen atoms in total. The summed E-state index contributed by atoms with van der Waals surface area (Å²) in [6, 6.07) is 6.41. The maximum Gasteiger partial charge on any atom is 0.387 e. The summed E-state index contributed by atoms with van der Waals surface area (Å²) in [7, 11) is 1.65. The van der Waals surface area contributed by atoms with Gasteiger partial charge in [0.25, 0.3) is 0 Å². The minimum Gasteiger partial charge on any atom is -0.435 e. The van der Waals surface area contributed by atoms with Gasteiger partial charge in [-0.15, -0.1) is 0 Å². The van der Waals surface area contributed by atoms with Gasteiger partial charge in [0.1, 0.15) is 5.75 Å². The number of hydrogen-bond donors (Lipinski definition) is 1. The standard InChI is InChI=1S/C11H15F2NO2/c1-15-8-2-7-14-9-3-5-10(6-4-9)16-11(12)13/h3-6,11,14H,2,7-8H2,1H3. The molecule has 0 fully saturated rings. The molecule has 0 heterocycles. The van der Waals surface area contributed by atoms with Crippen LogP contribution in [0.15, 0.2) is 24.3 Å². The monoisotopic (exact) mass is 231 g/mol. The van der Waals surface area contributed by atoms with Gasteiger partial charge in [-0.05, 0) is 30.7 Å². The Morgan fingerprint density at radius 3 is 2.50 bits per heavy atom. The fourth-order valence-electron chi connectivity index (χ4n) is 1.20. The van der Waals surface area contributed by atoms with Crippen molar-refractivity contribution < 1.29 is 18.3 Å². The van der Waals surface area contributed by atoms with Crippen LogP contribution in [0, 0.1) is 0 Å². The summed E-state index contributed by atoms with van der Waals surface area (Å²) in [5.74, 6) is 0.164. The zero-order valence-corrected chi connectivity index (χ0v) is 9.08. The van der Waals surface area contributed by atoms with Crippen molar-refractivity contribution in [2.75, 3.05) is 25.6 Å². The highest BCUT2D eigenvalue weighted by Gasteiger charge is 2.03. The highest BCUT2D eigenvalue weighted by molar-refractivity contribution is 5.46. The van der Waals surface area contributed by atoms with E-state index in [0.29, 0.717) is 6.61 Å². The fourth-order valence-corrected chi connectivity index (χ4v) is 1.20. The van der Waals surface area contributed by atoms with Crippen LogP contribution >= 0.6 is 0 Å².